The van der Waals surface area contributed by atoms with Crippen LogP contribution in [0.3, 0.4) is 0 Å². The van der Waals surface area contributed by atoms with E-state index in [1.54, 1.807) is 15.7 Å². The van der Waals surface area contributed by atoms with Gasteiger partial charge in [0.15, 0.2) is 0 Å². The van der Waals surface area contributed by atoms with Crippen LogP contribution in [0.5, 0.6) is 0 Å². The van der Waals surface area contributed by atoms with Crippen molar-refractivity contribution in [2.45, 2.75) is 25.7 Å². The Labute approximate surface area is 168 Å². The van der Waals surface area contributed by atoms with Gasteiger partial charge in [-0.05, 0) is 49.4 Å². The summed E-state index contributed by atoms with van der Waals surface area (Å²) in [5.41, 5.74) is 6.35. The number of rotatable bonds is 3. The lowest BCUT2D eigenvalue weighted by Crippen LogP contribution is -2.42. The Kier molecular flexibility index (Phi) is 4.42. The summed E-state index contributed by atoms with van der Waals surface area (Å²) in [6.45, 7) is 2.18. The number of likely N-dealkylation sites (tertiary alicyclic amines) is 1. The third kappa shape index (κ3) is 3.12. The van der Waals surface area contributed by atoms with Gasteiger partial charge in [0.2, 0.25) is 0 Å². The van der Waals surface area contributed by atoms with E-state index in [0.29, 0.717) is 17.9 Å². The highest BCUT2D eigenvalue weighted by atomic mass is 16.2. The highest BCUT2D eigenvalue weighted by Crippen LogP contribution is 2.23. The summed E-state index contributed by atoms with van der Waals surface area (Å²) in [5.74, 6) is 0.633. The molecule has 4 heterocycles. The van der Waals surface area contributed by atoms with Crippen LogP contribution in [-0.2, 0) is 6.42 Å². The number of carbonyl (C=O) groups excluding carboxylic acids is 2. The van der Waals surface area contributed by atoms with Crippen molar-refractivity contribution in [3.05, 3.63) is 65.4 Å². The van der Waals surface area contributed by atoms with Gasteiger partial charge in [-0.15, -0.1) is 0 Å². The lowest BCUT2D eigenvalue weighted by molar-refractivity contribution is 0.0725. The largest absolute Gasteiger partial charge is 0.339 e. The van der Waals surface area contributed by atoms with E-state index in [-0.39, 0.29) is 11.8 Å². The Morgan fingerprint density at radius 3 is 2.66 bits per heavy atom. The maximum atomic E-state index is 13.0. The van der Waals surface area contributed by atoms with Gasteiger partial charge in [0.25, 0.3) is 11.8 Å². The molecule has 29 heavy (non-hydrogen) atoms. The molecule has 3 aromatic rings. The van der Waals surface area contributed by atoms with Gasteiger partial charge in [0, 0.05) is 25.2 Å². The number of benzene rings is 1. The lowest BCUT2D eigenvalue weighted by atomic mass is 10.0. The first-order chi connectivity index (χ1) is 14.2. The molecule has 1 fully saturated rings. The number of anilines is 1. The van der Waals surface area contributed by atoms with Crippen molar-refractivity contribution >= 4 is 23.1 Å². The molecular weight excluding hydrogens is 366 g/mol. The lowest BCUT2D eigenvalue weighted by Gasteiger charge is -2.29. The van der Waals surface area contributed by atoms with Crippen LogP contribution in [0.4, 0.5) is 5.82 Å². The predicted molar refractivity (Wildman–Crippen MR) is 110 cm³/mol. The van der Waals surface area contributed by atoms with Crippen LogP contribution in [0.1, 0.15) is 45.5 Å². The molecule has 2 amide bonds. The first-order valence-electron chi connectivity index (χ1n) is 10.1. The molecule has 0 aliphatic carbocycles. The molecule has 2 aliphatic rings. The normalized spacial score (nSPS) is 16.8. The molecule has 5 rings (SSSR count). The van der Waals surface area contributed by atoms with Crippen molar-refractivity contribution in [1.82, 2.24) is 19.5 Å². The number of hydrogen-bond acceptors (Lipinski definition) is 4. The molecule has 1 aromatic carbocycles. The third-order valence-electron chi connectivity index (χ3n) is 5.76. The van der Waals surface area contributed by atoms with E-state index in [1.807, 2.05) is 47.4 Å². The number of nitrogens with zero attached hydrogens (tertiary/aromatic N) is 4. The van der Waals surface area contributed by atoms with Crippen molar-refractivity contribution in [3.63, 3.8) is 0 Å². The molecule has 7 heteroatoms. The number of aromatic nitrogens is 2. The SMILES string of the molecule is O=C(c1cnn2c(NN3CCc4ccccc4C3=O)cccc12)N1CCCCC1. The second kappa shape index (κ2) is 7.24. The first kappa shape index (κ1) is 17.7. The van der Waals surface area contributed by atoms with E-state index >= 15 is 0 Å². The van der Waals surface area contributed by atoms with Crippen LogP contribution in [0.15, 0.2) is 48.7 Å². The number of amides is 2. The maximum Gasteiger partial charge on any atom is 0.272 e. The molecule has 2 aromatic heterocycles. The molecule has 2 aliphatic heterocycles. The molecule has 7 nitrogen and oxygen atoms in total. The molecule has 0 unspecified atom stereocenters. The summed E-state index contributed by atoms with van der Waals surface area (Å²) >= 11 is 0. The highest BCUT2D eigenvalue weighted by Gasteiger charge is 2.26. The second-order valence-electron chi connectivity index (χ2n) is 7.59. The van der Waals surface area contributed by atoms with E-state index in [1.165, 1.54) is 6.42 Å². The minimum Gasteiger partial charge on any atom is -0.339 e. The summed E-state index contributed by atoms with van der Waals surface area (Å²) in [6.07, 6.45) is 5.71. The molecule has 0 spiro atoms. The topological polar surface area (TPSA) is 70.0 Å². The van der Waals surface area contributed by atoms with Gasteiger partial charge in [-0.25, -0.2) is 4.52 Å². The summed E-state index contributed by atoms with van der Waals surface area (Å²) in [4.78, 5) is 27.7. The molecule has 0 atom stereocenters. The zero-order chi connectivity index (χ0) is 19.8. The average molecular weight is 389 g/mol. The smallest absolute Gasteiger partial charge is 0.272 e. The second-order valence-corrected chi connectivity index (χ2v) is 7.59. The maximum absolute atomic E-state index is 13.0. The fraction of sp³-hybridized carbons (Fsp3) is 0.318. The van der Waals surface area contributed by atoms with Gasteiger partial charge in [0.05, 0.1) is 17.3 Å². The number of hydrogen-bond donors (Lipinski definition) is 1. The van der Waals surface area contributed by atoms with Crippen molar-refractivity contribution in [2.24, 2.45) is 0 Å². The Morgan fingerprint density at radius 1 is 0.966 bits per heavy atom. The molecule has 0 radical (unpaired) electrons. The van der Waals surface area contributed by atoms with Crippen molar-refractivity contribution in [2.75, 3.05) is 25.1 Å². The van der Waals surface area contributed by atoms with Crippen LogP contribution in [0, 0.1) is 0 Å². The van der Waals surface area contributed by atoms with Gasteiger partial charge in [-0.2, -0.15) is 5.10 Å². The summed E-state index contributed by atoms with van der Waals surface area (Å²) in [7, 11) is 0. The average Bonchev–Trinajstić information content (AvgIpc) is 3.21. The number of nitrogens with one attached hydrogen (secondary N) is 1. The quantitative estimate of drug-likeness (QED) is 0.748. The minimum absolute atomic E-state index is 0.0276. The van der Waals surface area contributed by atoms with E-state index in [4.69, 9.17) is 0 Å². The van der Waals surface area contributed by atoms with E-state index < -0.39 is 0 Å². The fourth-order valence-electron chi connectivity index (χ4n) is 4.20. The van der Waals surface area contributed by atoms with E-state index in [2.05, 4.69) is 10.5 Å². The monoisotopic (exact) mass is 389 g/mol. The Bertz CT molecular complexity index is 1080. The molecule has 148 valence electrons. The predicted octanol–water partition coefficient (Wildman–Crippen LogP) is 2.99. The molecular formula is C22H23N5O2. The standard InChI is InChI=1S/C22H23N5O2/c28-21(25-12-4-1-5-13-25)18-15-23-27-19(18)9-6-10-20(27)24-26-14-11-16-7-2-3-8-17(16)22(26)29/h2-3,6-10,15,24H,1,4-5,11-14H2. The number of hydrazine groups is 1. The third-order valence-corrected chi connectivity index (χ3v) is 5.76. The van der Waals surface area contributed by atoms with Crippen molar-refractivity contribution in [3.8, 4) is 0 Å². The zero-order valence-corrected chi connectivity index (χ0v) is 16.2. The summed E-state index contributed by atoms with van der Waals surface area (Å²) < 4.78 is 1.70. The van der Waals surface area contributed by atoms with Crippen LogP contribution in [0.25, 0.3) is 5.52 Å². The van der Waals surface area contributed by atoms with Crippen LogP contribution in [0.2, 0.25) is 0 Å². The molecule has 1 N–H and O–H groups in total. The van der Waals surface area contributed by atoms with Crippen LogP contribution < -0.4 is 5.43 Å². The van der Waals surface area contributed by atoms with Gasteiger partial charge in [-0.1, -0.05) is 24.3 Å². The number of fused-ring (bicyclic) bond motifs is 2. The van der Waals surface area contributed by atoms with E-state index in [0.717, 1.165) is 49.0 Å². The minimum atomic E-state index is -0.0550. The molecule has 0 bridgehead atoms. The van der Waals surface area contributed by atoms with Gasteiger partial charge >= 0.3 is 0 Å². The molecule has 1 saturated heterocycles. The van der Waals surface area contributed by atoms with Gasteiger partial charge in [-0.3, -0.25) is 20.0 Å². The van der Waals surface area contributed by atoms with Crippen LogP contribution in [-0.4, -0.2) is 51.0 Å². The Balaban J connectivity index is 1.42. The van der Waals surface area contributed by atoms with Crippen molar-refractivity contribution < 1.29 is 9.59 Å². The van der Waals surface area contributed by atoms with E-state index in [9.17, 15) is 9.59 Å². The summed E-state index contributed by atoms with van der Waals surface area (Å²) in [6, 6.07) is 13.3. The number of piperidine rings is 1. The molecule has 0 saturated carbocycles. The first-order valence-corrected chi connectivity index (χ1v) is 10.1. The number of carbonyl (C=O) groups is 2. The Morgan fingerprint density at radius 2 is 1.79 bits per heavy atom. The summed E-state index contributed by atoms with van der Waals surface area (Å²) in [5, 5.41) is 6.05. The highest BCUT2D eigenvalue weighted by molar-refractivity contribution is 6.01. The van der Waals surface area contributed by atoms with Crippen LogP contribution >= 0.6 is 0 Å². The van der Waals surface area contributed by atoms with Crippen molar-refractivity contribution in [1.29, 1.82) is 0 Å². The van der Waals surface area contributed by atoms with Gasteiger partial charge < -0.3 is 4.90 Å². The number of pyridine rings is 1. The Hall–Kier alpha value is -3.35. The zero-order valence-electron chi connectivity index (χ0n) is 16.2. The fourth-order valence-corrected chi connectivity index (χ4v) is 4.20. The van der Waals surface area contributed by atoms with Gasteiger partial charge in [0.1, 0.15) is 5.82 Å².